The summed E-state index contributed by atoms with van der Waals surface area (Å²) in [6, 6.07) is 23.8. The van der Waals surface area contributed by atoms with E-state index in [2.05, 4.69) is 15.4 Å². The first kappa shape index (κ1) is 20.6. The van der Waals surface area contributed by atoms with Crippen LogP contribution in [0.25, 0.3) is 16.6 Å². The first-order valence-corrected chi connectivity index (χ1v) is 10.7. The van der Waals surface area contributed by atoms with Crippen molar-refractivity contribution in [3.05, 3.63) is 114 Å². The molecule has 3 aromatic carbocycles. The van der Waals surface area contributed by atoms with Gasteiger partial charge in [0.25, 0.3) is 5.91 Å². The van der Waals surface area contributed by atoms with E-state index >= 15 is 0 Å². The second kappa shape index (κ2) is 8.70. The van der Waals surface area contributed by atoms with Crippen LogP contribution in [0, 0.1) is 5.82 Å². The molecule has 0 spiro atoms. The van der Waals surface area contributed by atoms with E-state index in [0.717, 1.165) is 22.2 Å². The maximum Gasteiger partial charge on any atom is 0.268 e. The van der Waals surface area contributed by atoms with Gasteiger partial charge in [0.2, 0.25) is 0 Å². The zero-order valence-corrected chi connectivity index (χ0v) is 18.0. The number of hydrogen-bond donors (Lipinski definition) is 1. The summed E-state index contributed by atoms with van der Waals surface area (Å²) < 4.78 is 17.9. The second-order valence-corrected chi connectivity index (χ2v) is 7.89. The highest BCUT2D eigenvalue weighted by molar-refractivity contribution is 5.99. The van der Waals surface area contributed by atoms with Crippen molar-refractivity contribution in [3.8, 4) is 5.69 Å². The molecule has 6 nitrogen and oxygen atoms in total. The summed E-state index contributed by atoms with van der Waals surface area (Å²) in [4.78, 5) is 17.3. The zero-order valence-electron chi connectivity index (χ0n) is 18.0. The Bertz CT molecular complexity index is 1410. The normalized spacial score (nSPS) is 12.1. The summed E-state index contributed by atoms with van der Waals surface area (Å²) in [7, 11) is 0. The quantitative estimate of drug-likeness (QED) is 0.409. The molecule has 5 aromatic rings. The van der Waals surface area contributed by atoms with Gasteiger partial charge < -0.3 is 9.88 Å². The Balaban J connectivity index is 1.41. The van der Waals surface area contributed by atoms with E-state index in [0.29, 0.717) is 11.3 Å². The van der Waals surface area contributed by atoms with Crippen molar-refractivity contribution < 1.29 is 9.18 Å². The van der Waals surface area contributed by atoms with Crippen molar-refractivity contribution >= 4 is 16.8 Å². The van der Waals surface area contributed by atoms with Crippen LogP contribution in [0.4, 0.5) is 4.39 Å². The van der Waals surface area contributed by atoms with Crippen LogP contribution >= 0.6 is 0 Å². The van der Waals surface area contributed by atoms with Gasteiger partial charge in [-0.2, -0.15) is 5.10 Å². The average molecular weight is 439 g/mol. The molecule has 1 N–H and O–H groups in total. The van der Waals surface area contributed by atoms with Crippen LogP contribution in [-0.4, -0.2) is 25.2 Å². The largest absolute Gasteiger partial charge is 0.344 e. The molecule has 0 bridgehead atoms. The second-order valence-electron chi connectivity index (χ2n) is 7.89. The molecular formula is C26H22FN5O. The maximum absolute atomic E-state index is 14.4. The van der Waals surface area contributed by atoms with Crippen molar-refractivity contribution in [3.63, 3.8) is 0 Å². The lowest BCUT2D eigenvalue weighted by molar-refractivity contribution is 0.0931. The third-order valence-corrected chi connectivity index (χ3v) is 5.75. The van der Waals surface area contributed by atoms with Crippen LogP contribution in [0.15, 0.2) is 91.5 Å². The van der Waals surface area contributed by atoms with Crippen LogP contribution in [0.3, 0.4) is 0 Å². The Hall–Kier alpha value is -4.26. The molecule has 0 aliphatic rings. The number of aromatic nitrogens is 4. The Morgan fingerprint density at radius 1 is 1.03 bits per heavy atom. The van der Waals surface area contributed by atoms with Crippen molar-refractivity contribution in [2.75, 3.05) is 0 Å². The number of nitrogens with zero attached hydrogens (tertiary/aromatic N) is 4. The Labute approximate surface area is 190 Å². The van der Waals surface area contributed by atoms with Gasteiger partial charge >= 0.3 is 0 Å². The number of nitrogens with one attached hydrogen (secondary N) is 1. The molecule has 5 rings (SSSR count). The number of amides is 1. The van der Waals surface area contributed by atoms with Gasteiger partial charge in [-0.1, -0.05) is 48.5 Å². The van der Waals surface area contributed by atoms with E-state index in [-0.39, 0.29) is 24.3 Å². The highest BCUT2D eigenvalue weighted by atomic mass is 19.1. The summed E-state index contributed by atoms with van der Waals surface area (Å²) in [5.74, 6) is -0.502. The number of hydrogen-bond acceptors (Lipinski definition) is 3. The van der Waals surface area contributed by atoms with Crippen LogP contribution in [0.2, 0.25) is 0 Å². The number of rotatable bonds is 6. The molecule has 0 aliphatic heterocycles. The number of para-hydroxylation sites is 1. The van der Waals surface area contributed by atoms with Crippen LogP contribution < -0.4 is 5.32 Å². The van der Waals surface area contributed by atoms with E-state index in [1.165, 1.54) is 12.4 Å². The fraction of sp³-hybridized carbons (Fsp3) is 0.115. The first-order valence-electron chi connectivity index (χ1n) is 10.7. The standard InChI is InChI=1S/C26H22FN5O/c1-18(19-10-12-22(13-11-19)32-17-28-16-29-32)30-26(33)25-14-20-6-3-5-9-24(20)31(25)15-21-7-2-4-8-23(21)27/h2-14,16-18H,15H2,1H3,(H,30,33). The van der Waals surface area contributed by atoms with E-state index < -0.39 is 0 Å². The third kappa shape index (κ3) is 4.13. The lowest BCUT2D eigenvalue weighted by Gasteiger charge is -2.17. The van der Waals surface area contributed by atoms with E-state index in [1.54, 1.807) is 29.2 Å². The van der Waals surface area contributed by atoms with E-state index in [4.69, 9.17) is 0 Å². The number of halogens is 1. The van der Waals surface area contributed by atoms with Crippen LogP contribution in [0.5, 0.6) is 0 Å². The summed E-state index contributed by atoms with van der Waals surface area (Å²) in [5, 5.41) is 8.14. The van der Waals surface area contributed by atoms with E-state index in [9.17, 15) is 9.18 Å². The molecule has 0 radical (unpaired) electrons. The van der Waals surface area contributed by atoms with Gasteiger partial charge in [-0.15, -0.1) is 0 Å². The van der Waals surface area contributed by atoms with Gasteiger partial charge in [0.05, 0.1) is 18.3 Å². The molecular weight excluding hydrogens is 417 g/mol. The van der Waals surface area contributed by atoms with Crippen molar-refractivity contribution in [1.29, 1.82) is 0 Å². The third-order valence-electron chi connectivity index (χ3n) is 5.75. The highest BCUT2D eigenvalue weighted by Gasteiger charge is 2.19. The van der Waals surface area contributed by atoms with Gasteiger partial charge in [-0.3, -0.25) is 4.79 Å². The molecule has 1 amide bonds. The minimum atomic E-state index is -0.289. The molecule has 7 heteroatoms. The first-order chi connectivity index (χ1) is 16.1. The molecule has 2 aromatic heterocycles. The molecule has 2 heterocycles. The zero-order chi connectivity index (χ0) is 22.8. The van der Waals surface area contributed by atoms with Gasteiger partial charge in [0.15, 0.2) is 0 Å². The lowest BCUT2D eigenvalue weighted by Crippen LogP contribution is -2.28. The lowest BCUT2D eigenvalue weighted by atomic mass is 10.1. The van der Waals surface area contributed by atoms with E-state index in [1.807, 2.05) is 66.1 Å². The number of carbonyl (C=O) groups excluding carboxylic acids is 1. The van der Waals surface area contributed by atoms with Gasteiger partial charge in [0, 0.05) is 16.5 Å². The van der Waals surface area contributed by atoms with Gasteiger partial charge in [-0.05, 0) is 42.8 Å². The molecule has 1 atom stereocenters. The Morgan fingerprint density at radius 3 is 2.55 bits per heavy atom. The molecule has 33 heavy (non-hydrogen) atoms. The SMILES string of the molecule is CC(NC(=O)c1cc2ccccc2n1Cc1ccccc1F)c1ccc(-n2cncn2)cc1. The topological polar surface area (TPSA) is 64.7 Å². The Morgan fingerprint density at radius 2 is 1.79 bits per heavy atom. The molecule has 0 saturated carbocycles. The fourth-order valence-electron chi connectivity index (χ4n) is 3.98. The smallest absolute Gasteiger partial charge is 0.268 e. The summed E-state index contributed by atoms with van der Waals surface area (Å²) in [6.07, 6.45) is 3.12. The number of benzene rings is 3. The summed E-state index contributed by atoms with van der Waals surface area (Å²) >= 11 is 0. The monoisotopic (exact) mass is 439 g/mol. The number of carbonyl (C=O) groups is 1. The van der Waals surface area contributed by atoms with Gasteiger partial charge in [0.1, 0.15) is 24.2 Å². The molecule has 164 valence electrons. The molecule has 1 unspecified atom stereocenters. The average Bonchev–Trinajstić information content (AvgIpc) is 3.49. The molecule has 0 fully saturated rings. The highest BCUT2D eigenvalue weighted by Crippen LogP contribution is 2.23. The maximum atomic E-state index is 14.4. The van der Waals surface area contributed by atoms with Crippen molar-refractivity contribution in [1.82, 2.24) is 24.6 Å². The predicted octanol–water partition coefficient (Wildman–Crippen LogP) is 4.90. The van der Waals surface area contributed by atoms with Crippen LogP contribution in [-0.2, 0) is 6.54 Å². The summed E-state index contributed by atoms with van der Waals surface area (Å²) in [6.45, 7) is 2.20. The minimum Gasteiger partial charge on any atom is -0.344 e. The van der Waals surface area contributed by atoms with Crippen molar-refractivity contribution in [2.45, 2.75) is 19.5 Å². The number of fused-ring (bicyclic) bond motifs is 1. The van der Waals surface area contributed by atoms with Gasteiger partial charge in [-0.25, -0.2) is 14.1 Å². The minimum absolute atomic E-state index is 0.213. The summed E-state index contributed by atoms with van der Waals surface area (Å²) in [5.41, 5.74) is 3.76. The fourth-order valence-corrected chi connectivity index (χ4v) is 3.98. The Kier molecular flexibility index (Phi) is 5.44. The van der Waals surface area contributed by atoms with Crippen molar-refractivity contribution in [2.24, 2.45) is 0 Å². The molecule has 0 aliphatic carbocycles. The van der Waals surface area contributed by atoms with Crippen LogP contribution in [0.1, 0.15) is 34.6 Å². The molecule has 0 saturated heterocycles. The predicted molar refractivity (Wildman–Crippen MR) is 125 cm³/mol.